The molecule has 1 atom stereocenters. The maximum atomic E-state index is 13.0. The van der Waals surface area contributed by atoms with Crippen molar-refractivity contribution in [2.75, 3.05) is 20.1 Å². The van der Waals surface area contributed by atoms with Gasteiger partial charge in [-0.1, -0.05) is 0 Å². The van der Waals surface area contributed by atoms with E-state index in [1.165, 1.54) is 12.1 Å². The van der Waals surface area contributed by atoms with Gasteiger partial charge in [0, 0.05) is 19.1 Å². The van der Waals surface area contributed by atoms with E-state index in [9.17, 15) is 9.18 Å². The molecule has 1 aliphatic rings. The second-order valence-corrected chi connectivity index (χ2v) is 5.75. The maximum absolute atomic E-state index is 13.0. The number of carbonyl (C=O) groups is 1. The Labute approximate surface area is 134 Å². The largest absolute Gasteiger partial charge is 0.334 e. The lowest BCUT2D eigenvalue weighted by Gasteiger charge is -2.31. The minimum absolute atomic E-state index is 0.158. The Morgan fingerprint density at radius 2 is 2.09 bits per heavy atom. The Balaban J connectivity index is 1.82. The molecule has 0 bridgehead atoms. The van der Waals surface area contributed by atoms with Crippen LogP contribution in [0.4, 0.5) is 4.39 Å². The fraction of sp³-hybridized carbons (Fsp3) is 0.438. The van der Waals surface area contributed by atoms with E-state index in [4.69, 9.17) is 0 Å². The van der Waals surface area contributed by atoms with Crippen LogP contribution in [-0.4, -0.2) is 51.8 Å². The summed E-state index contributed by atoms with van der Waals surface area (Å²) in [4.78, 5) is 18.7. The quantitative estimate of drug-likeness (QED) is 0.933. The van der Waals surface area contributed by atoms with Gasteiger partial charge in [-0.15, -0.1) is 5.10 Å². The fourth-order valence-electron chi connectivity index (χ4n) is 2.85. The average molecular weight is 317 g/mol. The molecule has 1 saturated heterocycles. The van der Waals surface area contributed by atoms with Crippen LogP contribution in [0.2, 0.25) is 0 Å². The van der Waals surface area contributed by atoms with Gasteiger partial charge in [0.2, 0.25) is 5.82 Å². The van der Waals surface area contributed by atoms with Crippen molar-refractivity contribution in [1.29, 1.82) is 0 Å². The number of benzene rings is 1. The van der Waals surface area contributed by atoms with E-state index in [1.54, 1.807) is 28.6 Å². The standard InChI is InChI=1S/C16H20FN5O/c1-11-19-15(16(23)21-9-3-4-13(10-21)18-2)20-22(11)14-7-5-12(17)6-8-14/h5-8,13,18H,3-4,9-10H2,1-2H3. The number of likely N-dealkylation sites (N-methyl/N-ethyl adjacent to an activating group) is 1. The van der Waals surface area contributed by atoms with Gasteiger partial charge in [-0.3, -0.25) is 4.79 Å². The van der Waals surface area contributed by atoms with Crippen molar-refractivity contribution >= 4 is 5.91 Å². The first-order chi connectivity index (χ1) is 11.1. The summed E-state index contributed by atoms with van der Waals surface area (Å²) in [5, 5.41) is 7.52. The molecule has 0 radical (unpaired) electrons. The van der Waals surface area contributed by atoms with Gasteiger partial charge in [-0.2, -0.15) is 0 Å². The number of piperidine rings is 1. The van der Waals surface area contributed by atoms with E-state index in [0.29, 0.717) is 24.1 Å². The first-order valence-corrected chi connectivity index (χ1v) is 7.74. The smallest absolute Gasteiger partial charge is 0.293 e. The zero-order valence-electron chi connectivity index (χ0n) is 13.3. The second kappa shape index (κ2) is 6.45. The van der Waals surface area contributed by atoms with Gasteiger partial charge in [0.1, 0.15) is 11.6 Å². The van der Waals surface area contributed by atoms with E-state index >= 15 is 0 Å². The van der Waals surface area contributed by atoms with E-state index in [0.717, 1.165) is 19.4 Å². The van der Waals surface area contributed by atoms with Gasteiger partial charge in [-0.25, -0.2) is 14.1 Å². The number of aryl methyl sites for hydroxylation is 1. The summed E-state index contributed by atoms with van der Waals surface area (Å²) in [5.74, 6) is 0.314. The maximum Gasteiger partial charge on any atom is 0.293 e. The Morgan fingerprint density at radius 1 is 1.35 bits per heavy atom. The van der Waals surface area contributed by atoms with Gasteiger partial charge >= 0.3 is 0 Å². The van der Waals surface area contributed by atoms with E-state index < -0.39 is 0 Å². The number of hydrogen-bond donors (Lipinski definition) is 1. The number of hydrogen-bond acceptors (Lipinski definition) is 4. The van der Waals surface area contributed by atoms with Crippen molar-refractivity contribution < 1.29 is 9.18 Å². The van der Waals surface area contributed by atoms with Crippen molar-refractivity contribution in [3.8, 4) is 5.69 Å². The normalized spacial score (nSPS) is 18.2. The minimum Gasteiger partial charge on any atom is -0.334 e. The van der Waals surface area contributed by atoms with E-state index in [1.807, 2.05) is 7.05 Å². The molecule has 23 heavy (non-hydrogen) atoms. The van der Waals surface area contributed by atoms with Crippen LogP contribution >= 0.6 is 0 Å². The summed E-state index contributed by atoms with van der Waals surface area (Å²) in [6.45, 7) is 3.17. The third kappa shape index (κ3) is 3.24. The number of aromatic nitrogens is 3. The molecule has 1 fully saturated rings. The van der Waals surface area contributed by atoms with Crippen molar-refractivity contribution in [3.05, 3.63) is 41.7 Å². The lowest BCUT2D eigenvalue weighted by Crippen LogP contribution is -2.47. The molecule has 1 aromatic carbocycles. The zero-order valence-corrected chi connectivity index (χ0v) is 13.3. The van der Waals surface area contributed by atoms with Crippen LogP contribution in [0.3, 0.4) is 0 Å². The number of nitrogens with one attached hydrogen (secondary N) is 1. The molecule has 1 aliphatic heterocycles. The number of nitrogens with zero attached hydrogens (tertiary/aromatic N) is 4. The predicted molar refractivity (Wildman–Crippen MR) is 84.0 cm³/mol. The molecule has 2 aromatic rings. The molecule has 1 N–H and O–H groups in total. The fourth-order valence-corrected chi connectivity index (χ4v) is 2.85. The molecule has 1 unspecified atom stereocenters. The third-order valence-corrected chi connectivity index (χ3v) is 4.15. The SMILES string of the molecule is CNC1CCCN(C(=O)c2nc(C)n(-c3ccc(F)cc3)n2)C1. The van der Waals surface area contributed by atoms with E-state index in [2.05, 4.69) is 15.4 Å². The zero-order chi connectivity index (χ0) is 16.4. The predicted octanol–water partition coefficient (Wildman–Crippen LogP) is 1.54. The molecule has 6 nitrogen and oxygen atoms in total. The average Bonchev–Trinajstić information content (AvgIpc) is 2.97. The van der Waals surface area contributed by atoms with Gasteiger partial charge < -0.3 is 10.2 Å². The van der Waals surface area contributed by atoms with Crippen LogP contribution in [0.5, 0.6) is 0 Å². The molecule has 1 amide bonds. The van der Waals surface area contributed by atoms with Crippen molar-refractivity contribution in [3.63, 3.8) is 0 Å². The van der Waals surface area contributed by atoms with Gasteiger partial charge in [-0.05, 0) is 51.1 Å². The van der Waals surface area contributed by atoms with Crippen LogP contribution in [0, 0.1) is 12.7 Å². The minimum atomic E-state index is -0.311. The van der Waals surface area contributed by atoms with E-state index in [-0.39, 0.29) is 17.5 Å². The highest BCUT2D eigenvalue weighted by atomic mass is 19.1. The molecule has 3 rings (SSSR count). The van der Waals surface area contributed by atoms with Gasteiger partial charge in [0.05, 0.1) is 5.69 Å². The molecule has 0 spiro atoms. The number of carbonyl (C=O) groups excluding carboxylic acids is 1. The van der Waals surface area contributed by atoms with Crippen molar-refractivity contribution in [2.45, 2.75) is 25.8 Å². The monoisotopic (exact) mass is 317 g/mol. The summed E-state index contributed by atoms with van der Waals surface area (Å²) in [6.07, 6.45) is 2.03. The van der Waals surface area contributed by atoms with Crippen LogP contribution in [-0.2, 0) is 0 Å². The van der Waals surface area contributed by atoms with Crippen molar-refractivity contribution in [2.24, 2.45) is 0 Å². The molecule has 2 heterocycles. The first kappa shape index (κ1) is 15.6. The number of halogens is 1. The molecule has 1 aromatic heterocycles. The Hall–Kier alpha value is -2.28. The van der Waals surface area contributed by atoms with Gasteiger partial charge in [0.15, 0.2) is 0 Å². The highest BCUT2D eigenvalue weighted by molar-refractivity contribution is 5.90. The highest BCUT2D eigenvalue weighted by Crippen LogP contribution is 2.15. The highest BCUT2D eigenvalue weighted by Gasteiger charge is 2.26. The summed E-state index contributed by atoms with van der Waals surface area (Å²) in [5.41, 5.74) is 0.683. The summed E-state index contributed by atoms with van der Waals surface area (Å²) >= 11 is 0. The van der Waals surface area contributed by atoms with Crippen LogP contribution in [0.25, 0.3) is 5.69 Å². The molecule has 7 heteroatoms. The van der Waals surface area contributed by atoms with Crippen LogP contribution < -0.4 is 5.32 Å². The molecule has 0 aliphatic carbocycles. The number of likely N-dealkylation sites (tertiary alicyclic amines) is 1. The Morgan fingerprint density at radius 3 is 2.78 bits per heavy atom. The third-order valence-electron chi connectivity index (χ3n) is 4.15. The Bertz CT molecular complexity index is 697. The van der Waals surface area contributed by atoms with Gasteiger partial charge in [0.25, 0.3) is 5.91 Å². The van der Waals surface area contributed by atoms with Crippen LogP contribution in [0.1, 0.15) is 29.3 Å². The lowest BCUT2D eigenvalue weighted by molar-refractivity contribution is 0.0686. The summed E-state index contributed by atoms with van der Waals surface area (Å²) in [6, 6.07) is 6.26. The summed E-state index contributed by atoms with van der Waals surface area (Å²) < 4.78 is 14.6. The summed E-state index contributed by atoms with van der Waals surface area (Å²) in [7, 11) is 1.91. The Kier molecular flexibility index (Phi) is 4.38. The number of amides is 1. The molecular weight excluding hydrogens is 297 g/mol. The molecule has 0 saturated carbocycles. The molecular formula is C16H20FN5O. The second-order valence-electron chi connectivity index (χ2n) is 5.75. The van der Waals surface area contributed by atoms with Crippen molar-refractivity contribution in [1.82, 2.24) is 25.0 Å². The molecule has 122 valence electrons. The van der Waals surface area contributed by atoms with Crippen LogP contribution in [0.15, 0.2) is 24.3 Å². The lowest BCUT2D eigenvalue weighted by atomic mass is 10.1. The topological polar surface area (TPSA) is 63.1 Å². The first-order valence-electron chi connectivity index (χ1n) is 7.74. The number of rotatable bonds is 3.